The molecule has 112 valence electrons. The summed E-state index contributed by atoms with van der Waals surface area (Å²) < 4.78 is 3.34. The van der Waals surface area contributed by atoms with Crippen LogP contribution >= 0.6 is 0 Å². The second-order valence-corrected chi connectivity index (χ2v) is 4.95. The summed E-state index contributed by atoms with van der Waals surface area (Å²) in [6.07, 6.45) is 1.98. The van der Waals surface area contributed by atoms with E-state index in [0.29, 0.717) is 13.1 Å². The molecule has 0 radical (unpaired) electrons. The van der Waals surface area contributed by atoms with Crippen molar-refractivity contribution in [2.24, 2.45) is 0 Å². The van der Waals surface area contributed by atoms with Crippen LogP contribution in [0.3, 0.4) is 0 Å². The van der Waals surface area contributed by atoms with Gasteiger partial charge in [-0.15, -0.1) is 0 Å². The molecular weight excluding hydrogens is 268 g/mol. The maximum absolute atomic E-state index is 12.1. The van der Waals surface area contributed by atoms with Gasteiger partial charge in [0.15, 0.2) is 0 Å². The van der Waals surface area contributed by atoms with E-state index in [1.165, 1.54) is 6.07 Å². The number of aromatic nitrogens is 3. The van der Waals surface area contributed by atoms with Gasteiger partial charge < -0.3 is 9.88 Å². The van der Waals surface area contributed by atoms with E-state index in [4.69, 9.17) is 0 Å². The predicted molar refractivity (Wildman–Crippen MR) is 81.3 cm³/mol. The van der Waals surface area contributed by atoms with Crippen LogP contribution in [0.5, 0.6) is 0 Å². The number of hydrogen-bond acceptors (Lipinski definition) is 3. The summed E-state index contributed by atoms with van der Waals surface area (Å²) in [6.45, 7) is 6.79. The SMILES string of the molecule is CCn1ncc(C)c1NC(=O)CCn1c(C)cccc1=O. The summed E-state index contributed by atoms with van der Waals surface area (Å²) in [5.41, 5.74) is 1.70. The van der Waals surface area contributed by atoms with Gasteiger partial charge >= 0.3 is 0 Å². The molecule has 1 N–H and O–H groups in total. The molecule has 2 rings (SSSR count). The number of carbonyl (C=O) groups excluding carboxylic acids is 1. The highest BCUT2D eigenvalue weighted by atomic mass is 16.2. The Kier molecular flexibility index (Phi) is 4.57. The largest absolute Gasteiger partial charge is 0.312 e. The number of nitrogens with zero attached hydrogens (tertiary/aromatic N) is 3. The number of hydrogen-bond donors (Lipinski definition) is 1. The first-order chi connectivity index (χ1) is 10.0. The molecule has 6 heteroatoms. The third-order valence-electron chi connectivity index (χ3n) is 3.41. The van der Waals surface area contributed by atoms with Crippen molar-refractivity contribution in [3.05, 3.63) is 46.0 Å². The minimum atomic E-state index is -0.122. The highest BCUT2D eigenvalue weighted by Crippen LogP contribution is 2.13. The molecular formula is C15H20N4O2. The molecule has 21 heavy (non-hydrogen) atoms. The highest BCUT2D eigenvalue weighted by molar-refractivity contribution is 5.90. The van der Waals surface area contributed by atoms with Crippen molar-refractivity contribution in [1.29, 1.82) is 0 Å². The molecule has 0 fully saturated rings. The van der Waals surface area contributed by atoms with Crippen LogP contribution in [-0.2, 0) is 17.9 Å². The summed E-state index contributed by atoms with van der Waals surface area (Å²) in [5, 5.41) is 7.05. The fraction of sp³-hybridized carbons (Fsp3) is 0.400. The van der Waals surface area contributed by atoms with Crippen LogP contribution in [0.15, 0.2) is 29.2 Å². The van der Waals surface area contributed by atoms with Gasteiger partial charge in [-0.3, -0.25) is 9.59 Å². The fourth-order valence-corrected chi connectivity index (χ4v) is 2.20. The topological polar surface area (TPSA) is 68.9 Å². The number of rotatable bonds is 5. The molecule has 1 amide bonds. The van der Waals surface area contributed by atoms with Crippen LogP contribution in [0.4, 0.5) is 5.82 Å². The van der Waals surface area contributed by atoms with Crippen molar-refractivity contribution in [2.75, 3.05) is 5.32 Å². The Labute approximate surface area is 123 Å². The minimum absolute atomic E-state index is 0.0856. The molecule has 0 aliphatic carbocycles. The van der Waals surface area contributed by atoms with Crippen molar-refractivity contribution in [3.8, 4) is 0 Å². The molecule has 0 aliphatic rings. The maximum Gasteiger partial charge on any atom is 0.250 e. The quantitative estimate of drug-likeness (QED) is 0.910. The van der Waals surface area contributed by atoms with Gasteiger partial charge in [0.1, 0.15) is 5.82 Å². The number of nitrogens with one attached hydrogen (secondary N) is 1. The minimum Gasteiger partial charge on any atom is -0.312 e. The molecule has 0 bridgehead atoms. The van der Waals surface area contributed by atoms with Crippen LogP contribution < -0.4 is 10.9 Å². The first-order valence-electron chi connectivity index (χ1n) is 7.01. The van der Waals surface area contributed by atoms with Crippen LogP contribution in [-0.4, -0.2) is 20.3 Å². The van der Waals surface area contributed by atoms with Gasteiger partial charge in [-0.1, -0.05) is 6.07 Å². The summed E-state index contributed by atoms with van der Waals surface area (Å²) in [6, 6.07) is 5.08. The normalized spacial score (nSPS) is 10.6. The molecule has 0 aliphatic heterocycles. The lowest BCUT2D eigenvalue weighted by molar-refractivity contribution is -0.116. The van der Waals surface area contributed by atoms with Gasteiger partial charge in [0.25, 0.3) is 5.56 Å². The lowest BCUT2D eigenvalue weighted by atomic mass is 10.3. The molecule has 0 unspecified atom stereocenters. The lowest BCUT2D eigenvalue weighted by Crippen LogP contribution is -2.24. The summed E-state index contributed by atoms with van der Waals surface area (Å²) >= 11 is 0. The van der Waals surface area contributed by atoms with Crippen LogP contribution in [0.2, 0.25) is 0 Å². The van der Waals surface area contributed by atoms with E-state index in [9.17, 15) is 9.59 Å². The summed E-state index contributed by atoms with van der Waals surface area (Å²) in [5.74, 6) is 0.600. The smallest absolute Gasteiger partial charge is 0.250 e. The number of aryl methyl sites for hydroxylation is 3. The first-order valence-corrected chi connectivity index (χ1v) is 7.01. The zero-order valence-corrected chi connectivity index (χ0v) is 12.6. The zero-order chi connectivity index (χ0) is 15.4. The van der Waals surface area contributed by atoms with Gasteiger partial charge in [-0.05, 0) is 26.8 Å². The first kappa shape index (κ1) is 15.0. The number of anilines is 1. The lowest BCUT2D eigenvalue weighted by Gasteiger charge is -2.11. The van der Waals surface area contributed by atoms with E-state index in [-0.39, 0.29) is 17.9 Å². The molecule has 2 heterocycles. The van der Waals surface area contributed by atoms with Gasteiger partial charge in [0.05, 0.1) is 6.20 Å². The zero-order valence-electron chi connectivity index (χ0n) is 12.6. The molecule has 6 nitrogen and oxygen atoms in total. The molecule has 0 saturated carbocycles. The molecule has 2 aromatic heterocycles. The molecule has 2 aromatic rings. The predicted octanol–water partition coefficient (Wildman–Crippen LogP) is 1.71. The Morgan fingerprint density at radius 2 is 2.10 bits per heavy atom. The highest BCUT2D eigenvalue weighted by Gasteiger charge is 2.10. The van der Waals surface area contributed by atoms with Crippen molar-refractivity contribution in [2.45, 2.75) is 40.3 Å². The van der Waals surface area contributed by atoms with Gasteiger partial charge in [0, 0.05) is 36.8 Å². The average molecular weight is 288 g/mol. The summed E-state index contributed by atoms with van der Waals surface area (Å²) in [7, 11) is 0. The molecule has 0 saturated heterocycles. The van der Waals surface area contributed by atoms with Gasteiger partial charge in [-0.2, -0.15) is 5.10 Å². The summed E-state index contributed by atoms with van der Waals surface area (Å²) in [4.78, 5) is 23.8. The number of carbonyl (C=O) groups is 1. The Hall–Kier alpha value is -2.37. The molecule has 0 atom stereocenters. The Morgan fingerprint density at radius 3 is 2.76 bits per heavy atom. The molecule has 0 aromatic carbocycles. The third-order valence-corrected chi connectivity index (χ3v) is 3.41. The second-order valence-electron chi connectivity index (χ2n) is 4.95. The van der Waals surface area contributed by atoms with E-state index in [1.807, 2.05) is 26.8 Å². The van der Waals surface area contributed by atoms with Gasteiger partial charge in [-0.25, -0.2) is 4.68 Å². The Balaban J connectivity index is 2.03. The molecule has 0 spiro atoms. The third kappa shape index (κ3) is 3.39. The van der Waals surface area contributed by atoms with Crippen LogP contribution in [0.25, 0.3) is 0 Å². The van der Waals surface area contributed by atoms with E-state index in [0.717, 1.165) is 17.1 Å². The van der Waals surface area contributed by atoms with Gasteiger partial charge in [0.2, 0.25) is 5.91 Å². The number of pyridine rings is 1. The average Bonchev–Trinajstić information content (AvgIpc) is 2.79. The maximum atomic E-state index is 12.1. The fourth-order valence-electron chi connectivity index (χ4n) is 2.20. The Morgan fingerprint density at radius 1 is 1.33 bits per heavy atom. The standard InChI is InChI=1S/C15H20N4O2/c1-4-19-15(11(2)10-16-19)17-13(20)8-9-18-12(3)6-5-7-14(18)21/h5-7,10H,4,8-9H2,1-3H3,(H,17,20). The van der Waals surface area contributed by atoms with E-state index < -0.39 is 0 Å². The number of amides is 1. The van der Waals surface area contributed by atoms with Crippen molar-refractivity contribution >= 4 is 11.7 Å². The second kappa shape index (κ2) is 6.39. The van der Waals surface area contributed by atoms with E-state index >= 15 is 0 Å². The van der Waals surface area contributed by atoms with Crippen LogP contribution in [0, 0.1) is 13.8 Å². The van der Waals surface area contributed by atoms with Crippen molar-refractivity contribution in [1.82, 2.24) is 14.3 Å². The van der Waals surface area contributed by atoms with Crippen LogP contribution in [0.1, 0.15) is 24.6 Å². The monoisotopic (exact) mass is 288 g/mol. The van der Waals surface area contributed by atoms with Crippen molar-refractivity contribution in [3.63, 3.8) is 0 Å². The van der Waals surface area contributed by atoms with E-state index in [1.54, 1.807) is 21.5 Å². The Bertz CT molecular complexity index is 700. The van der Waals surface area contributed by atoms with E-state index in [2.05, 4.69) is 10.4 Å². The van der Waals surface area contributed by atoms with Crippen molar-refractivity contribution < 1.29 is 4.79 Å².